The van der Waals surface area contributed by atoms with Gasteiger partial charge in [-0.3, -0.25) is 5.43 Å². The van der Waals surface area contributed by atoms with Crippen LogP contribution >= 0.6 is 0 Å². The molecule has 0 atom stereocenters. The summed E-state index contributed by atoms with van der Waals surface area (Å²) in [5.41, 5.74) is 4.95. The molecule has 0 amide bonds. The first-order valence-corrected chi connectivity index (χ1v) is 7.32. The third-order valence-electron chi connectivity index (χ3n) is 3.43. The lowest BCUT2D eigenvalue weighted by Crippen LogP contribution is -2.29. The fourth-order valence-corrected chi connectivity index (χ4v) is 2.31. The molecule has 0 radical (unpaired) electrons. The predicted molar refractivity (Wildman–Crippen MR) is 86.9 cm³/mol. The Morgan fingerprint density at radius 1 is 1.00 bits per heavy atom. The third-order valence-corrected chi connectivity index (χ3v) is 3.43. The molecular formula is C17H18N4O. The maximum Gasteiger partial charge on any atom is 0.365 e. The van der Waals surface area contributed by atoms with Crippen LogP contribution in [0, 0.1) is 0 Å². The van der Waals surface area contributed by atoms with Crippen LogP contribution in [0.2, 0.25) is 0 Å². The maximum atomic E-state index is 12.4. The van der Waals surface area contributed by atoms with E-state index in [0.717, 1.165) is 11.3 Å². The van der Waals surface area contributed by atoms with Gasteiger partial charge in [0.05, 0.1) is 5.69 Å². The van der Waals surface area contributed by atoms with Gasteiger partial charge in [0.25, 0.3) is 0 Å². The van der Waals surface area contributed by atoms with E-state index < -0.39 is 0 Å². The molecule has 1 N–H and O–H groups in total. The molecule has 0 aliphatic carbocycles. The van der Waals surface area contributed by atoms with Crippen LogP contribution in [0.5, 0.6) is 0 Å². The van der Waals surface area contributed by atoms with Gasteiger partial charge in [-0.25, -0.2) is 9.48 Å². The van der Waals surface area contributed by atoms with Crippen molar-refractivity contribution < 1.29 is 0 Å². The van der Waals surface area contributed by atoms with Gasteiger partial charge in [0.15, 0.2) is 5.82 Å². The topological polar surface area (TPSA) is 51.9 Å². The van der Waals surface area contributed by atoms with Crippen LogP contribution in [-0.2, 0) is 13.0 Å². The molecule has 3 aromatic rings. The SMILES string of the molecule is CCn1nc(Cc2ccccc2)n(Nc2ccccc2)c1=O. The Bertz CT molecular complexity index is 791. The minimum Gasteiger partial charge on any atom is -0.289 e. The van der Waals surface area contributed by atoms with Gasteiger partial charge in [-0.2, -0.15) is 9.77 Å². The Morgan fingerprint density at radius 3 is 2.27 bits per heavy atom. The smallest absolute Gasteiger partial charge is 0.289 e. The van der Waals surface area contributed by atoms with E-state index in [9.17, 15) is 4.79 Å². The molecule has 1 heterocycles. The van der Waals surface area contributed by atoms with E-state index in [1.54, 1.807) is 0 Å². The van der Waals surface area contributed by atoms with Gasteiger partial charge in [0.1, 0.15) is 0 Å². The lowest BCUT2D eigenvalue weighted by Gasteiger charge is -2.08. The van der Waals surface area contributed by atoms with Crippen LogP contribution in [0.25, 0.3) is 0 Å². The monoisotopic (exact) mass is 294 g/mol. The molecule has 5 nitrogen and oxygen atoms in total. The van der Waals surface area contributed by atoms with Crippen molar-refractivity contribution in [2.45, 2.75) is 19.9 Å². The van der Waals surface area contributed by atoms with Gasteiger partial charge in [0, 0.05) is 13.0 Å². The average molecular weight is 294 g/mol. The molecule has 0 unspecified atom stereocenters. The molecular weight excluding hydrogens is 276 g/mol. The molecule has 3 rings (SSSR count). The average Bonchev–Trinajstić information content (AvgIpc) is 2.85. The molecule has 1 aromatic heterocycles. The Morgan fingerprint density at radius 2 is 1.64 bits per heavy atom. The molecule has 112 valence electrons. The maximum absolute atomic E-state index is 12.4. The van der Waals surface area contributed by atoms with Crippen LogP contribution in [0.1, 0.15) is 18.3 Å². The second-order valence-corrected chi connectivity index (χ2v) is 4.99. The van der Waals surface area contributed by atoms with Gasteiger partial charge < -0.3 is 0 Å². The molecule has 0 spiro atoms. The molecule has 0 saturated carbocycles. The summed E-state index contributed by atoms with van der Waals surface area (Å²) in [5, 5.41) is 4.42. The molecule has 0 aliphatic heterocycles. The number of aromatic nitrogens is 3. The molecule has 22 heavy (non-hydrogen) atoms. The largest absolute Gasteiger partial charge is 0.365 e. The van der Waals surface area contributed by atoms with E-state index in [0.29, 0.717) is 18.8 Å². The van der Waals surface area contributed by atoms with Crippen molar-refractivity contribution in [1.82, 2.24) is 14.5 Å². The van der Waals surface area contributed by atoms with Crippen LogP contribution in [0.4, 0.5) is 5.69 Å². The zero-order valence-electron chi connectivity index (χ0n) is 12.4. The quantitative estimate of drug-likeness (QED) is 0.786. The summed E-state index contributed by atoms with van der Waals surface area (Å²) < 4.78 is 2.99. The highest BCUT2D eigenvalue weighted by molar-refractivity contribution is 5.42. The normalized spacial score (nSPS) is 10.6. The summed E-state index contributed by atoms with van der Waals surface area (Å²) in [5.74, 6) is 0.696. The molecule has 5 heteroatoms. The molecule has 2 aromatic carbocycles. The standard InChI is InChI=1S/C17H18N4O/c1-2-20-17(22)21(18-15-11-7-4-8-12-15)16(19-20)13-14-9-5-3-6-10-14/h3-12,18H,2,13H2,1H3. The number of rotatable bonds is 5. The molecule has 0 saturated heterocycles. The predicted octanol–water partition coefficient (Wildman–Crippen LogP) is 2.53. The van der Waals surface area contributed by atoms with Gasteiger partial charge in [-0.05, 0) is 24.6 Å². The molecule has 0 fully saturated rings. The van der Waals surface area contributed by atoms with E-state index in [-0.39, 0.29) is 5.69 Å². The first-order valence-electron chi connectivity index (χ1n) is 7.32. The van der Waals surface area contributed by atoms with Crippen molar-refractivity contribution in [3.05, 3.63) is 82.5 Å². The Labute approximate surface area is 128 Å². The molecule has 0 bridgehead atoms. The Kier molecular flexibility index (Phi) is 4.05. The van der Waals surface area contributed by atoms with Crippen molar-refractivity contribution >= 4 is 5.69 Å². The lowest BCUT2D eigenvalue weighted by molar-refractivity contribution is 0.623. The van der Waals surface area contributed by atoms with Gasteiger partial charge in [-0.1, -0.05) is 48.5 Å². The fraction of sp³-hybridized carbons (Fsp3) is 0.176. The summed E-state index contributed by atoms with van der Waals surface area (Å²) >= 11 is 0. The van der Waals surface area contributed by atoms with Crippen LogP contribution in [0.3, 0.4) is 0 Å². The summed E-state index contributed by atoms with van der Waals surface area (Å²) in [4.78, 5) is 12.4. The fourth-order valence-electron chi connectivity index (χ4n) is 2.31. The van der Waals surface area contributed by atoms with Gasteiger partial charge >= 0.3 is 5.69 Å². The number of benzene rings is 2. The number of nitrogens with one attached hydrogen (secondary N) is 1. The minimum absolute atomic E-state index is 0.155. The highest BCUT2D eigenvalue weighted by atomic mass is 16.2. The summed E-state index contributed by atoms with van der Waals surface area (Å²) in [6.07, 6.45) is 0.600. The number of anilines is 1. The van der Waals surface area contributed by atoms with E-state index in [2.05, 4.69) is 10.5 Å². The summed E-state index contributed by atoms with van der Waals surface area (Å²) in [6.45, 7) is 2.46. The van der Waals surface area contributed by atoms with Crippen LogP contribution < -0.4 is 11.1 Å². The zero-order valence-corrected chi connectivity index (χ0v) is 12.4. The number of aryl methyl sites for hydroxylation is 1. The van der Waals surface area contributed by atoms with Crippen molar-refractivity contribution in [1.29, 1.82) is 0 Å². The first-order chi connectivity index (χ1) is 10.8. The van der Waals surface area contributed by atoms with Crippen LogP contribution in [-0.4, -0.2) is 14.5 Å². The number of hydrogen-bond donors (Lipinski definition) is 1. The van der Waals surface area contributed by atoms with Gasteiger partial charge in [-0.15, -0.1) is 0 Å². The highest BCUT2D eigenvalue weighted by Gasteiger charge is 2.13. The third kappa shape index (κ3) is 2.93. The second kappa shape index (κ2) is 6.30. The Balaban J connectivity index is 1.97. The lowest BCUT2D eigenvalue weighted by atomic mass is 10.1. The van der Waals surface area contributed by atoms with E-state index >= 15 is 0 Å². The number of nitrogens with zero attached hydrogens (tertiary/aromatic N) is 3. The highest BCUT2D eigenvalue weighted by Crippen LogP contribution is 2.09. The number of hydrogen-bond acceptors (Lipinski definition) is 3. The van der Waals surface area contributed by atoms with Crippen LogP contribution in [0.15, 0.2) is 65.5 Å². The Hall–Kier alpha value is -2.82. The number of para-hydroxylation sites is 1. The first kappa shape index (κ1) is 14.1. The van der Waals surface area contributed by atoms with Gasteiger partial charge in [0.2, 0.25) is 0 Å². The van der Waals surface area contributed by atoms with Crippen molar-refractivity contribution in [2.24, 2.45) is 0 Å². The van der Waals surface area contributed by atoms with E-state index in [1.807, 2.05) is 67.6 Å². The van der Waals surface area contributed by atoms with Crippen molar-refractivity contribution in [3.63, 3.8) is 0 Å². The minimum atomic E-state index is -0.155. The van der Waals surface area contributed by atoms with Crippen molar-refractivity contribution in [3.8, 4) is 0 Å². The summed E-state index contributed by atoms with van der Waals surface area (Å²) in [7, 11) is 0. The summed E-state index contributed by atoms with van der Waals surface area (Å²) in [6, 6.07) is 19.6. The second-order valence-electron chi connectivity index (χ2n) is 4.99. The van der Waals surface area contributed by atoms with E-state index in [4.69, 9.17) is 0 Å². The van der Waals surface area contributed by atoms with E-state index in [1.165, 1.54) is 9.36 Å². The van der Waals surface area contributed by atoms with Crippen molar-refractivity contribution in [2.75, 3.05) is 5.43 Å². The molecule has 0 aliphatic rings. The zero-order chi connectivity index (χ0) is 15.4.